The molecule has 3 nitrogen and oxygen atoms in total. The fourth-order valence-electron chi connectivity index (χ4n) is 2.78. The molecule has 1 amide bonds. The Kier molecular flexibility index (Phi) is 3.07. The lowest BCUT2D eigenvalue weighted by molar-refractivity contribution is -0.0679. The molecule has 102 valence electrons. The molecule has 1 heterocycles. The summed E-state index contributed by atoms with van der Waals surface area (Å²) >= 11 is 0. The van der Waals surface area contributed by atoms with E-state index in [9.17, 15) is 9.90 Å². The Morgan fingerprint density at radius 2 is 1.70 bits per heavy atom. The first-order valence-corrected chi connectivity index (χ1v) is 6.78. The van der Waals surface area contributed by atoms with Crippen LogP contribution >= 0.6 is 0 Å². The van der Waals surface area contributed by atoms with Crippen LogP contribution in [0.15, 0.2) is 54.6 Å². The van der Waals surface area contributed by atoms with E-state index in [1.165, 1.54) is 0 Å². The molecule has 0 aliphatic carbocycles. The van der Waals surface area contributed by atoms with Gasteiger partial charge in [-0.05, 0) is 25.0 Å². The number of rotatable bonds is 3. The lowest BCUT2D eigenvalue weighted by Gasteiger charge is -2.30. The minimum atomic E-state index is -1.22. The van der Waals surface area contributed by atoms with Gasteiger partial charge in [0.2, 0.25) is 0 Å². The van der Waals surface area contributed by atoms with Crippen LogP contribution in [0.4, 0.5) is 0 Å². The molecule has 3 heteroatoms. The first-order valence-electron chi connectivity index (χ1n) is 6.78. The molecule has 1 N–H and O–H groups in total. The van der Waals surface area contributed by atoms with Gasteiger partial charge in [0.25, 0.3) is 5.91 Å². The van der Waals surface area contributed by atoms with Crippen molar-refractivity contribution in [1.82, 2.24) is 4.90 Å². The Labute approximate surface area is 118 Å². The van der Waals surface area contributed by atoms with Crippen molar-refractivity contribution in [2.24, 2.45) is 0 Å². The van der Waals surface area contributed by atoms with Crippen LogP contribution < -0.4 is 0 Å². The normalized spacial score (nSPS) is 21.1. The van der Waals surface area contributed by atoms with Crippen LogP contribution in [-0.2, 0) is 12.1 Å². The summed E-state index contributed by atoms with van der Waals surface area (Å²) in [7, 11) is 0. The number of nitrogens with zero attached hydrogens (tertiary/aromatic N) is 1. The summed E-state index contributed by atoms with van der Waals surface area (Å²) in [6.45, 7) is 2.19. The number of aliphatic hydroxyl groups is 1. The topological polar surface area (TPSA) is 40.5 Å². The average Bonchev–Trinajstić information content (AvgIpc) is 2.66. The SMILES string of the molecule is CC1(O)c2ccccc2C(=O)N1CCc1ccccc1. The Hall–Kier alpha value is -2.13. The number of carbonyl (C=O) groups excluding carboxylic acids is 1. The Morgan fingerprint density at radius 3 is 2.40 bits per heavy atom. The highest BCUT2D eigenvalue weighted by Crippen LogP contribution is 2.36. The van der Waals surface area contributed by atoms with Crippen molar-refractivity contribution in [3.05, 3.63) is 71.3 Å². The fourth-order valence-corrected chi connectivity index (χ4v) is 2.78. The highest BCUT2D eigenvalue weighted by atomic mass is 16.3. The van der Waals surface area contributed by atoms with Gasteiger partial charge in [-0.3, -0.25) is 4.79 Å². The zero-order valence-corrected chi connectivity index (χ0v) is 11.4. The molecule has 0 radical (unpaired) electrons. The fraction of sp³-hybridized carbons (Fsp3) is 0.235. The third kappa shape index (κ3) is 2.00. The van der Waals surface area contributed by atoms with Gasteiger partial charge >= 0.3 is 0 Å². The van der Waals surface area contributed by atoms with Crippen LogP contribution in [-0.4, -0.2) is 22.5 Å². The quantitative estimate of drug-likeness (QED) is 0.928. The van der Waals surface area contributed by atoms with Gasteiger partial charge < -0.3 is 10.0 Å². The summed E-state index contributed by atoms with van der Waals surface area (Å²) in [4.78, 5) is 13.9. The van der Waals surface area contributed by atoms with Crippen molar-refractivity contribution in [2.45, 2.75) is 19.1 Å². The van der Waals surface area contributed by atoms with Gasteiger partial charge in [0.1, 0.15) is 0 Å². The predicted octanol–water partition coefficient (Wildman–Crippen LogP) is 2.55. The van der Waals surface area contributed by atoms with Crippen molar-refractivity contribution >= 4 is 5.91 Å². The second-order valence-corrected chi connectivity index (χ2v) is 5.26. The molecular formula is C17H17NO2. The second kappa shape index (κ2) is 4.76. The summed E-state index contributed by atoms with van der Waals surface area (Å²) in [6.07, 6.45) is 0.733. The number of fused-ring (bicyclic) bond motifs is 1. The zero-order valence-electron chi connectivity index (χ0n) is 11.4. The third-order valence-corrected chi connectivity index (χ3v) is 3.91. The molecule has 1 aliphatic heterocycles. The largest absolute Gasteiger partial charge is 0.367 e. The molecular weight excluding hydrogens is 250 g/mol. The third-order valence-electron chi connectivity index (χ3n) is 3.91. The first-order chi connectivity index (χ1) is 9.60. The van der Waals surface area contributed by atoms with E-state index in [1.54, 1.807) is 17.9 Å². The van der Waals surface area contributed by atoms with Crippen molar-refractivity contribution in [1.29, 1.82) is 0 Å². The van der Waals surface area contributed by atoms with Crippen molar-refractivity contribution < 1.29 is 9.90 Å². The number of hydrogen-bond donors (Lipinski definition) is 1. The molecule has 0 saturated heterocycles. The van der Waals surface area contributed by atoms with Crippen LogP contribution in [0.3, 0.4) is 0 Å². The second-order valence-electron chi connectivity index (χ2n) is 5.26. The van der Waals surface area contributed by atoms with Crippen LogP contribution in [0, 0.1) is 0 Å². The Morgan fingerprint density at radius 1 is 1.05 bits per heavy atom. The summed E-state index contributed by atoms with van der Waals surface area (Å²) in [5, 5.41) is 10.7. The van der Waals surface area contributed by atoms with Crippen molar-refractivity contribution in [3.63, 3.8) is 0 Å². The van der Waals surface area contributed by atoms with E-state index in [0.29, 0.717) is 17.7 Å². The number of hydrogen-bond acceptors (Lipinski definition) is 2. The van der Waals surface area contributed by atoms with E-state index in [2.05, 4.69) is 0 Å². The molecule has 2 aromatic carbocycles. The van der Waals surface area contributed by atoms with E-state index in [1.807, 2.05) is 48.5 Å². The summed E-state index contributed by atoms with van der Waals surface area (Å²) in [5.74, 6) is -0.0958. The zero-order chi connectivity index (χ0) is 14.2. The summed E-state index contributed by atoms with van der Waals surface area (Å²) in [6, 6.07) is 17.3. The molecule has 0 bridgehead atoms. The molecule has 0 fully saturated rings. The van der Waals surface area contributed by atoms with Gasteiger partial charge in [-0.1, -0.05) is 48.5 Å². The molecule has 0 saturated carbocycles. The first kappa shape index (κ1) is 12.9. The predicted molar refractivity (Wildman–Crippen MR) is 77.2 cm³/mol. The standard InChI is InChI=1S/C17H17NO2/c1-17(20)15-10-6-5-9-14(15)16(19)18(17)12-11-13-7-3-2-4-8-13/h2-10,20H,11-12H2,1H3. The van der Waals surface area contributed by atoms with E-state index < -0.39 is 5.72 Å². The van der Waals surface area contributed by atoms with Crippen molar-refractivity contribution in [3.8, 4) is 0 Å². The average molecular weight is 267 g/mol. The molecule has 2 aromatic rings. The maximum atomic E-state index is 12.4. The van der Waals surface area contributed by atoms with Gasteiger partial charge in [0.05, 0.1) is 0 Å². The molecule has 1 aliphatic rings. The highest BCUT2D eigenvalue weighted by Gasteiger charge is 2.44. The minimum Gasteiger partial charge on any atom is -0.367 e. The number of benzene rings is 2. The van der Waals surface area contributed by atoms with Gasteiger partial charge in [0.15, 0.2) is 5.72 Å². The summed E-state index contributed by atoms with van der Waals surface area (Å²) < 4.78 is 0. The van der Waals surface area contributed by atoms with Gasteiger partial charge in [-0.2, -0.15) is 0 Å². The highest BCUT2D eigenvalue weighted by molar-refractivity contribution is 5.99. The van der Waals surface area contributed by atoms with Gasteiger partial charge in [0, 0.05) is 17.7 Å². The van der Waals surface area contributed by atoms with Crippen LogP contribution in [0.5, 0.6) is 0 Å². The van der Waals surface area contributed by atoms with E-state index >= 15 is 0 Å². The van der Waals surface area contributed by atoms with E-state index in [4.69, 9.17) is 0 Å². The molecule has 0 aromatic heterocycles. The maximum Gasteiger partial charge on any atom is 0.256 e. The van der Waals surface area contributed by atoms with Gasteiger partial charge in [-0.25, -0.2) is 0 Å². The molecule has 1 atom stereocenters. The molecule has 1 unspecified atom stereocenters. The Balaban J connectivity index is 1.83. The minimum absolute atomic E-state index is 0.0958. The number of amides is 1. The smallest absolute Gasteiger partial charge is 0.256 e. The summed E-state index contributed by atoms with van der Waals surface area (Å²) in [5.41, 5.74) is 1.23. The molecule has 0 spiro atoms. The van der Waals surface area contributed by atoms with Crippen molar-refractivity contribution in [2.75, 3.05) is 6.54 Å². The van der Waals surface area contributed by atoms with Crippen LogP contribution in [0.25, 0.3) is 0 Å². The molecule has 3 rings (SSSR count). The maximum absolute atomic E-state index is 12.4. The molecule has 20 heavy (non-hydrogen) atoms. The number of carbonyl (C=O) groups is 1. The van der Waals surface area contributed by atoms with E-state index in [-0.39, 0.29) is 5.91 Å². The van der Waals surface area contributed by atoms with Gasteiger partial charge in [-0.15, -0.1) is 0 Å². The van der Waals surface area contributed by atoms with Crippen LogP contribution in [0.1, 0.15) is 28.4 Å². The van der Waals surface area contributed by atoms with Crippen LogP contribution in [0.2, 0.25) is 0 Å². The Bertz CT molecular complexity index is 634. The lowest BCUT2D eigenvalue weighted by atomic mass is 10.0. The van der Waals surface area contributed by atoms with E-state index in [0.717, 1.165) is 12.0 Å². The monoisotopic (exact) mass is 267 g/mol. The lowest BCUT2D eigenvalue weighted by Crippen LogP contribution is -2.42.